The van der Waals surface area contributed by atoms with Crippen LogP contribution in [0.4, 0.5) is 0 Å². The molecule has 2 unspecified atom stereocenters. The van der Waals surface area contributed by atoms with Crippen LogP contribution in [0.25, 0.3) is 0 Å². The second-order valence-electron chi connectivity index (χ2n) is 3.59. The summed E-state index contributed by atoms with van der Waals surface area (Å²) in [6.45, 7) is 0. The number of nitrogens with zero attached hydrogens (tertiary/aromatic N) is 2. The van der Waals surface area contributed by atoms with Crippen LogP contribution in [0.3, 0.4) is 0 Å². The smallest absolute Gasteiger partial charge is 0.176 e. The molecule has 18 heavy (non-hydrogen) atoms. The van der Waals surface area contributed by atoms with Gasteiger partial charge < -0.3 is 4.57 Å². The average molecular weight is 301 g/mol. The molecule has 1 aromatic heterocycles. The number of aromatic nitrogens is 2. The molecule has 2 rings (SSSR count). The van der Waals surface area contributed by atoms with Gasteiger partial charge in [0.2, 0.25) is 0 Å². The Morgan fingerprint density at radius 1 is 1.33 bits per heavy atom. The number of carbonyl (C=O) groups is 1. The van der Waals surface area contributed by atoms with E-state index < -0.39 is 0 Å². The molecule has 0 aliphatic rings. The van der Waals surface area contributed by atoms with Crippen molar-refractivity contribution in [2.75, 3.05) is 0 Å². The minimum absolute atomic E-state index is 0.185. The van der Waals surface area contributed by atoms with Crippen LogP contribution in [0.1, 0.15) is 16.3 Å². The van der Waals surface area contributed by atoms with Gasteiger partial charge >= 0.3 is 0 Å². The first-order valence-electron chi connectivity index (χ1n) is 5.18. The van der Waals surface area contributed by atoms with Gasteiger partial charge in [-0.2, -0.15) is 0 Å². The molecule has 3 nitrogen and oxygen atoms in total. The predicted octanol–water partition coefficient (Wildman–Crippen LogP) is 3.94. The monoisotopic (exact) mass is 300 g/mol. The number of halogens is 2. The van der Waals surface area contributed by atoms with E-state index in [0.717, 1.165) is 22.9 Å². The molecule has 6 heteroatoms. The highest BCUT2D eigenvalue weighted by molar-refractivity contribution is 8.12. The molecule has 2 aromatic rings. The first-order valence-corrected chi connectivity index (χ1v) is 6.94. The first kappa shape index (κ1) is 13.5. The predicted molar refractivity (Wildman–Crippen MR) is 75.7 cm³/mol. The average Bonchev–Trinajstić information content (AvgIpc) is 2.90. The quantitative estimate of drug-likeness (QED) is 0.620. The lowest BCUT2D eigenvalue weighted by Crippen LogP contribution is -2.09. The van der Waals surface area contributed by atoms with E-state index in [1.54, 1.807) is 35.4 Å². The van der Waals surface area contributed by atoms with Gasteiger partial charge in [-0.15, -0.1) is 0 Å². The Kier molecular flexibility index (Phi) is 4.69. The van der Waals surface area contributed by atoms with Gasteiger partial charge in [0, 0.05) is 17.4 Å². The van der Waals surface area contributed by atoms with E-state index in [9.17, 15) is 4.79 Å². The van der Waals surface area contributed by atoms with Crippen LogP contribution in [0.15, 0.2) is 43.0 Å². The fourth-order valence-electron chi connectivity index (χ4n) is 1.59. The largest absolute Gasteiger partial charge is 0.319 e. The molecule has 0 radical (unpaired) electrons. The molecule has 94 valence electrons. The number of hydrogen-bond acceptors (Lipinski definition) is 3. The zero-order chi connectivity index (χ0) is 13.0. The van der Waals surface area contributed by atoms with Crippen molar-refractivity contribution in [3.05, 3.63) is 53.6 Å². The van der Waals surface area contributed by atoms with Gasteiger partial charge in [0.05, 0.1) is 11.6 Å². The third kappa shape index (κ3) is 3.07. The Hall–Kier alpha value is -0.970. The zero-order valence-corrected chi connectivity index (χ0v) is 11.6. The van der Waals surface area contributed by atoms with E-state index in [4.69, 9.17) is 23.2 Å². The topological polar surface area (TPSA) is 34.9 Å². The molecular formula is C12H10Cl2N2OS. The summed E-state index contributed by atoms with van der Waals surface area (Å²) in [5, 5.41) is 0.470. The summed E-state index contributed by atoms with van der Waals surface area (Å²) in [4.78, 5) is 14.7. The second-order valence-corrected chi connectivity index (χ2v) is 5.44. The summed E-state index contributed by atoms with van der Waals surface area (Å²) in [6, 6.07) is 7.31. The summed E-state index contributed by atoms with van der Waals surface area (Å²) >= 11 is 13.4. The molecule has 0 saturated carbocycles. The summed E-state index contributed by atoms with van der Waals surface area (Å²) < 4.78 is 1.76. The molecule has 0 spiro atoms. The molecule has 2 atom stereocenters. The van der Waals surface area contributed by atoms with Gasteiger partial charge in [-0.1, -0.05) is 47.1 Å². The van der Waals surface area contributed by atoms with Crippen LogP contribution >= 0.6 is 35.0 Å². The fourth-order valence-corrected chi connectivity index (χ4v) is 2.86. The summed E-state index contributed by atoms with van der Waals surface area (Å²) in [5.74, 6) is 0. The lowest BCUT2D eigenvalue weighted by Gasteiger charge is -2.21. The maximum atomic E-state index is 10.8. The Labute approximate surface area is 119 Å². The van der Waals surface area contributed by atoms with Gasteiger partial charge in [0.15, 0.2) is 5.62 Å². The minimum atomic E-state index is -0.385. The Morgan fingerprint density at radius 2 is 2.06 bits per heavy atom. The van der Waals surface area contributed by atoms with E-state index in [-0.39, 0.29) is 10.8 Å². The first-order chi connectivity index (χ1) is 8.72. The summed E-state index contributed by atoms with van der Waals surface area (Å²) in [7, 11) is 0. The highest BCUT2D eigenvalue weighted by Crippen LogP contribution is 2.40. The number of carbonyl (C=O) groups excluding carboxylic acids is 1. The van der Waals surface area contributed by atoms with Crippen LogP contribution in [0.5, 0.6) is 0 Å². The minimum Gasteiger partial charge on any atom is -0.319 e. The fraction of sp³-hybridized carbons (Fsp3) is 0.167. The highest BCUT2D eigenvalue weighted by atomic mass is 35.5. The number of hydrogen-bond donors (Lipinski definition) is 0. The van der Waals surface area contributed by atoms with Crippen molar-refractivity contribution in [3.63, 3.8) is 0 Å². The third-order valence-electron chi connectivity index (χ3n) is 2.46. The molecule has 0 fully saturated rings. The summed E-state index contributed by atoms with van der Waals surface area (Å²) in [6.07, 6.45) is 5.05. The maximum absolute atomic E-state index is 10.8. The number of thioether (sulfide) groups is 1. The molecule has 1 aromatic carbocycles. The van der Waals surface area contributed by atoms with Crippen molar-refractivity contribution in [2.45, 2.75) is 10.8 Å². The Morgan fingerprint density at radius 3 is 2.61 bits per heavy atom. The molecule has 0 bridgehead atoms. The second kappa shape index (κ2) is 6.27. The van der Waals surface area contributed by atoms with Crippen LogP contribution < -0.4 is 0 Å². The lowest BCUT2D eigenvalue weighted by atomic mass is 10.1. The molecular weight excluding hydrogens is 291 g/mol. The van der Waals surface area contributed by atoms with Gasteiger partial charge in [-0.3, -0.25) is 4.79 Å². The van der Waals surface area contributed by atoms with Crippen molar-refractivity contribution in [2.24, 2.45) is 0 Å². The molecule has 0 saturated heterocycles. The third-order valence-corrected chi connectivity index (χ3v) is 4.27. The Bertz CT molecular complexity index is 501. The maximum Gasteiger partial charge on any atom is 0.176 e. The number of benzene rings is 1. The standard InChI is InChI=1S/C12H10Cl2N2OS/c13-10-3-1-9(2-4-10)11(18-8-17)12(14)16-6-5-15-7-16/h1-8,11-12H. The number of rotatable bonds is 5. The van der Waals surface area contributed by atoms with Crippen molar-refractivity contribution < 1.29 is 4.79 Å². The van der Waals surface area contributed by atoms with Gasteiger partial charge in [0.1, 0.15) is 5.50 Å². The molecule has 0 aliphatic carbocycles. The van der Waals surface area contributed by atoms with Crippen LogP contribution in [0.2, 0.25) is 5.02 Å². The van der Waals surface area contributed by atoms with Gasteiger partial charge in [-0.05, 0) is 17.7 Å². The zero-order valence-electron chi connectivity index (χ0n) is 9.24. The van der Waals surface area contributed by atoms with Crippen molar-refractivity contribution >= 4 is 40.6 Å². The normalized spacial score (nSPS) is 14.1. The SMILES string of the molecule is O=CSC(c1ccc(Cl)cc1)C(Cl)n1ccnc1. The van der Waals surface area contributed by atoms with E-state index in [1.165, 1.54) is 0 Å². The molecule has 0 amide bonds. The van der Waals surface area contributed by atoms with Crippen LogP contribution in [0, 0.1) is 0 Å². The highest BCUT2D eigenvalue weighted by Gasteiger charge is 2.23. The molecule has 1 heterocycles. The van der Waals surface area contributed by atoms with Gasteiger partial charge in [0.25, 0.3) is 0 Å². The van der Waals surface area contributed by atoms with E-state index in [0.29, 0.717) is 5.02 Å². The van der Waals surface area contributed by atoms with Gasteiger partial charge in [-0.25, -0.2) is 4.98 Å². The number of alkyl halides is 1. The van der Waals surface area contributed by atoms with Crippen LogP contribution in [-0.4, -0.2) is 15.2 Å². The van der Waals surface area contributed by atoms with Crippen molar-refractivity contribution in [1.29, 1.82) is 0 Å². The van der Waals surface area contributed by atoms with E-state index in [1.807, 2.05) is 12.1 Å². The van der Waals surface area contributed by atoms with Crippen molar-refractivity contribution in [3.8, 4) is 0 Å². The number of imidazole rings is 1. The van der Waals surface area contributed by atoms with Crippen LogP contribution in [-0.2, 0) is 4.79 Å². The van der Waals surface area contributed by atoms with E-state index >= 15 is 0 Å². The molecule has 0 N–H and O–H groups in total. The lowest BCUT2D eigenvalue weighted by molar-refractivity contribution is 0.569. The summed E-state index contributed by atoms with van der Waals surface area (Å²) in [5.41, 5.74) is 1.36. The van der Waals surface area contributed by atoms with Crippen molar-refractivity contribution in [1.82, 2.24) is 9.55 Å². The Balaban J connectivity index is 2.27. The van der Waals surface area contributed by atoms with E-state index in [2.05, 4.69) is 4.98 Å². The molecule has 0 aliphatic heterocycles.